The minimum absolute atomic E-state index is 0.126. The number of fused-ring (bicyclic) bond motifs is 1. The number of ether oxygens (including phenoxy) is 2. The van der Waals surface area contributed by atoms with Gasteiger partial charge in [0.15, 0.2) is 18.1 Å². The number of ketones is 2. The number of rotatable bonds is 6. The first-order valence-corrected chi connectivity index (χ1v) is 10.8. The van der Waals surface area contributed by atoms with Gasteiger partial charge in [-0.1, -0.05) is 49.7 Å². The first-order chi connectivity index (χ1) is 15.3. The van der Waals surface area contributed by atoms with Crippen LogP contribution in [0, 0.1) is 6.92 Å². The van der Waals surface area contributed by atoms with Crippen molar-refractivity contribution >= 4 is 29.2 Å². The number of allylic oxidation sites excluding steroid dienone is 1. The van der Waals surface area contributed by atoms with E-state index in [1.54, 1.807) is 42.5 Å². The van der Waals surface area contributed by atoms with Crippen LogP contribution in [0.4, 0.5) is 0 Å². The van der Waals surface area contributed by atoms with Crippen molar-refractivity contribution in [1.82, 2.24) is 0 Å². The van der Waals surface area contributed by atoms with E-state index in [-0.39, 0.29) is 23.9 Å². The molecular weight excluding hydrogens is 424 g/mol. The summed E-state index contributed by atoms with van der Waals surface area (Å²) >= 11 is 5.87. The fourth-order valence-electron chi connectivity index (χ4n) is 3.56. The molecule has 0 N–H and O–H groups in total. The van der Waals surface area contributed by atoms with E-state index in [1.807, 2.05) is 19.1 Å². The van der Waals surface area contributed by atoms with Gasteiger partial charge in [-0.3, -0.25) is 9.59 Å². The van der Waals surface area contributed by atoms with Crippen LogP contribution in [-0.4, -0.2) is 18.2 Å². The lowest BCUT2D eigenvalue weighted by atomic mass is 10.0. The third-order valence-electron chi connectivity index (χ3n) is 5.38. The van der Waals surface area contributed by atoms with Crippen LogP contribution in [-0.2, 0) is 0 Å². The SMILES string of the molecule is Cc1cc(OCC(=O)c2ccc(Cl)cc2)cc2c1C(=O)/C(=C/c1ccc(C(C)C)cc1)O2. The lowest BCUT2D eigenvalue weighted by Crippen LogP contribution is -2.11. The maximum absolute atomic E-state index is 12.9. The molecule has 1 aliphatic rings. The predicted molar refractivity (Wildman–Crippen MR) is 126 cm³/mol. The third kappa shape index (κ3) is 4.61. The summed E-state index contributed by atoms with van der Waals surface area (Å²) in [5, 5.41) is 0.568. The van der Waals surface area contributed by atoms with Crippen LogP contribution < -0.4 is 9.47 Å². The van der Waals surface area contributed by atoms with Gasteiger partial charge in [-0.2, -0.15) is 0 Å². The second-order valence-corrected chi connectivity index (χ2v) is 8.53. The van der Waals surface area contributed by atoms with Crippen molar-refractivity contribution in [2.45, 2.75) is 26.7 Å². The molecule has 4 nitrogen and oxygen atoms in total. The Bertz CT molecular complexity index is 1210. The first kappa shape index (κ1) is 21.8. The predicted octanol–water partition coefficient (Wildman–Crippen LogP) is 6.65. The Morgan fingerprint density at radius 2 is 1.75 bits per heavy atom. The standard InChI is InChI=1S/C27H23ClO4/c1-16(2)19-6-4-18(5-7-19)13-25-27(30)26-17(3)12-22(14-24(26)32-25)31-15-23(29)20-8-10-21(28)11-9-20/h4-14,16H,15H2,1-3H3/b25-13-. The molecule has 0 atom stereocenters. The highest BCUT2D eigenvalue weighted by molar-refractivity contribution is 6.30. The number of hydrogen-bond donors (Lipinski definition) is 0. The van der Waals surface area contributed by atoms with Crippen LogP contribution in [0.1, 0.15) is 57.2 Å². The zero-order chi connectivity index (χ0) is 22.8. The van der Waals surface area contributed by atoms with E-state index >= 15 is 0 Å². The molecule has 0 aliphatic carbocycles. The Labute approximate surface area is 192 Å². The van der Waals surface area contributed by atoms with Gasteiger partial charge in [-0.15, -0.1) is 0 Å². The van der Waals surface area contributed by atoms with Gasteiger partial charge in [0.05, 0.1) is 5.56 Å². The van der Waals surface area contributed by atoms with E-state index in [2.05, 4.69) is 26.0 Å². The minimum Gasteiger partial charge on any atom is -0.485 e. The molecule has 3 aromatic rings. The van der Waals surface area contributed by atoms with Crippen molar-refractivity contribution < 1.29 is 19.1 Å². The smallest absolute Gasteiger partial charge is 0.232 e. The van der Waals surface area contributed by atoms with E-state index < -0.39 is 0 Å². The Balaban J connectivity index is 1.50. The first-order valence-electron chi connectivity index (χ1n) is 10.4. The maximum Gasteiger partial charge on any atom is 0.232 e. The summed E-state index contributed by atoms with van der Waals surface area (Å²) in [4.78, 5) is 25.2. The molecule has 0 saturated heterocycles. The summed E-state index contributed by atoms with van der Waals surface area (Å²) in [5.41, 5.74) is 3.91. The molecule has 0 amide bonds. The van der Waals surface area contributed by atoms with Crippen LogP contribution >= 0.6 is 11.6 Å². The molecule has 1 aliphatic heterocycles. The monoisotopic (exact) mass is 446 g/mol. The molecule has 0 bridgehead atoms. The molecular formula is C27H23ClO4. The molecule has 5 heteroatoms. The molecule has 0 saturated carbocycles. The number of carbonyl (C=O) groups excluding carboxylic acids is 2. The van der Waals surface area contributed by atoms with Crippen LogP contribution in [0.5, 0.6) is 11.5 Å². The Hall–Kier alpha value is -3.37. The molecule has 3 aromatic carbocycles. The summed E-state index contributed by atoms with van der Waals surface area (Å²) < 4.78 is 11.5. The fraction of sp³-hybridized carbons (Fsp3) is 0.185. The van der Waals surface area contributed by atoms with Crippen molar-refractivity contribution in [2.75, 3.05) is 6.61 Å². The third-order valence-corrected chi connectivity index (χ3v) is 5.63. The number of halogens is 1. The second kappa shape index (κ2) is 9.01. The minimum atomic E-state index is -0.165. The fourth-order valence-corrected chi connectivity index (χ4v) is 3.68. The van der Waals surface area contributed by atoms with Crippen molar-refractivity contribution in [3.63, 3.8) is 0 Å². The van der Waals surface area contributed by atoms with Gasteiger partial charge in [0.2, 0.25) is 5.78 Å². The molecule has 0 spiro atoms. The van der Waals surface area contributed by atoms with Gasteiger partial charge in [0.1, 0.15) is 11.5 Å². The molecule has 0 unspecified atom stereocenters. The lowest BCUT2D eigenvalue weighted by Gasteiger charge is -2.09. The molecule has 32 heavy (non-hydrogen) atoms. The van der Waals surface area contributed by atoms with Crippen LogP contribution in [0.15, 0.2) is 66.4 Å². The van der Waals surface area contributed by atoms with Crippen molar-refractivity contribution in [2.24, 2.45) is 0 Å². The van der Waals surface area contributed by atoms with E-state index in [1.165, 1.54) is 5.56 Å². The molecule has 4 rings (SSSR count). The molecule has 0 aromatic heterocycles. The van der Waals surface area contributed by atoms with Crippen LogP contribution in [0.3, 0.4) is 0 Å². The number of hydrogen-bond acceptors (Lipinski definition) is 4. The lowest BCUT2D eigenvalue weighted by molar-refractivity contribution is 0.0920. The highest BCUT2D eigenvalue weighted by Crippen LogP contribution is 2.37. The van der Waals surface area contributed by atoms with Gasteiger partial charge in [0, 0.05) is 16.7 Å². The Morgan fingerprint density at radius 1 is 1.06 bits per heavy atom. The highest BCUT2D eigenvalue weighted by Gasteiger charge is 2.30. The second-order valence-electron chi connectivity index (χ2n) is 8.09. The number of benzene rings is 3. The van der Waals surface area contributed by atoms with Crippen molar-refractivity contribution in [1.29, 1.82) is 0 Å². The van der Waals surface area contributed by atoms with E-state index in [9.17, 15) is 9.59 Å². The average molecular weight is 447 g/mol. The molecule has 1 heterocycles. The zero-order valence-corrected chi connectivity index (χ0v) is 18.9. The number of aryl methyl sites for hydroxylation is 1. The van der Waals surface area contributed by atoms with Crippen molar-refractivity contribution in [3.05, 3.63) is 99.3 Å². The quantitative estimate of drug-likeness (QED) is 0.314. The molecule has 0 fully saturated rings. The topological polar surface area (TPSA) is 52.6 Å². The summed E-state index contributed by atoms with van der Waals surface area (Å²) in [7, 11) is 0. The Morgan fingerprint density at radius 3 is 2.41 bits per heavy atom. The van der Waals surface area contributed by atoms with E-state index in [4.69, 9.17) is 21.1 Å². The molecule has 162 valence electrons. The normalized spacial score (nSPS) is 13.9. The van der Waals surface area contributed by atoms with E-state index in [0.29, 0.717) is 33.6 Å². The zero-order valence-electron chi connectivity index (χ0n) is 18.1. The maximum atomic E-state index is 12.9. The van der Waals surface area contributed by atoms with Crippen LogP contribution in [0.2, 0.25) is 5.02 Å². The van der Waals surface area contributed by atoms with Gasteiger partial charge in [-0.25, -0.2) is 0 Å². The summed E-state index contributed by atoms with van der Waals surface area (Å²) in [6, 6.07) is 18.1. The highest BCUT2D eigenvalue weighted by atomic mass is 35.5. The summed E-state index contributed by atoms with van der Waals surface area (Å²) in [6.07, 6.45) is 1.75. The number of Topliss-reactive ketones (excluding diaryl/α,β-unsaturated/α-hetero) is 2. The summed E-state index contributed by atoms with van der Waals surface area (Å²) in [5.74, 6) is 1.30. The largest absolute Gasteiger partial charge is 0.485 e. The van der Waals surface area contributed by atoms with Gasteiger partial charge < -0.3 is 9.47 Å². The van der Waals surface area contributed by atoms with E-state index in [0.717, 1.165) is 11.1 Å². The van der Waals surface area contributed by atoms with Gasteiger partial charge in [-0.05, 0) is 65.9 Å². The summed E-state index contributed by atoms with van der Waals surface area (Å²) in [6.45, 7) is 5.98. The Kier molecular flexibility index (Phi) is 6.15. The van der Waals surface area contributed by atoms with Crippen LogP contribution in [0.25, 0.3) is 6.08 Å². The average Bonchev–Trinajstić information content (AvgIpc) is 3.08. The van der Waals surface area contributed by atoms with Gasteiger partial charge >= 0.3 is 0 Å². The molecule has 0 radical (unpaired) electrons. The van der Waals surface area contributed by atoms with Crippen molar-refractivity contribution in [3.8, 4) is 11.5 Å². The number of carbonyl (C=O) groups is 2. The van der Waals surface area contributed by atoms with Gasteiger partial charge in [0.25, 0.3) is 0 Å².